The molecule has 1 N–H and O–H groups in total. The van der Waals surface area contributed by atoms with Crippen LogP contribution in [0.25, 0.3) is 0 Å². The lowest BCUT2D eigenvalue weighted by Crippen LogP contribution is -2.39. The van der Waals surface area contributed by atoms with Gasteiger partial charge in [0.15, 0.2) is 0 Å². The number of carbonyl (C=O) groups is 1. The highest BCUT2D eigenvalue weighted by atomic mass is 19.1. The largest absolute Gasteiger partial charge is 0.392 e. The topological polar surface area (TPSA) is 66.3 Å². The number of aliphatic hydroxyl groups excluding tert-OH is 1. The Balaban J connectivity index is 1.63. The van der Waals surface area contributed by atoms with E-state index in [4.69, 9.17) is 0 Å². The zero-order valence-electron chi connectivity index (χ0n) is 14.3. The summed E-state index contributed by atoms with van der Waals surface area (Å²) in [6.07, 6.45) is 3.33. The van der Waals surface area contributed by atoms with Crippen LogP contribution in [0.4, 0.5) is 4.39 Å². The van der Waals surface area contributed by atoms with Gasteiger partial charge in [0, 0.05) is 30.8 Å². The third-order valence-corrected chi connectivity index (χ3v) is 4.72. The van der Waals surface area contributed by atoms with Crippen LogP contribution in [0.15, 0.2) is 30.5 Å². The molecule has 1 aromatic carbocycles. The quantitative estimate of drug-likeness (QED) is 0.925. The molecule has 3 rings (SSSR count). The van der Waals surface area contributed by atoms with Gasteiger partial charge in [-0.05, 0) is 31.4 Å². The number of halogens is 1. The molecule has 0 radical (unpaired) electrons. The molecule has 1 aromatic heterocycles. The monoisotopic (exact) mass is 343 g/mol. The van der Waals surface area contributed by atoms with E-state index in [1.807, 2.05) is 6.92 Å². The summed E-state index contributed by atoms with van der Waals surface area (Å²) < 4.78 is 13.7. The van der Waals surface area contributed by atoms with E-state index in [1.54, 1.807) is 29.3 Å². The molecule has 0 bridgehead atoms. The average molecular weight is 343 g/mol. The molecule has 132 valence electrons. The van der Waals surface area contributed by atoms with Gasteiger partial charge >= 0.3 is 0 Å². The van der Waals surface area contributed by atoms with Crippen LogP contribution < -0.4 is 0 Å². The SMILES string of the molecule is Cc1ncc(CO)c(C2CCN(C(=O)Cc3ccccc3F)CC2)n1. The first-order chi connectivity index (χ1) is 12.1. The fourth-order valence-corrected chi connectivity index (χ4v) is 3.31. The molecule has 0 aliphatic carbocycles. The van der Waals surface area contributed by atoms with E-state index in [0.717, 1.165) is 24.1 Å². The van der Waals surface area contributed by atoms with Crippen molar-refractivity contribution in [2.75, 3.05) is 13.1 Å². The summed E-state index contributed by atoms with van der Waals surface area (Å²) in [5.41, 5.74) is 2.07. The van der Waals surface area contributed by atoms with Crippen molar-refractivity contribution in [3.8, 4) is 0 Å². The molecule has 6 heteroatoms. The summed E-state index contributed by atoms with van der Waals surface area (Å²) in [4.78, 5) is 22.8. The smallest absolute Gasteiger partial charge is 0.227 e. The minimum absolute atomic E-state index is 0.0511. The summed E-state index contributed by atoms with van der Waals surface area (Å²) in [6, 6.07) is 6.39. The van der Waals surface area contributed by atoms with Gasteiger partial charge in [-0.25, -0.2) is 14.4 Å². The second kappa shape index (κ2) is 7.70. The first kappa shape index (κ1) is 17.5. The Hall–Kier alpha value is -2.34. The molecular formula is C19H22FN3O2. The van der Waals surface area contributed by atoms with E-state index in [0.29, 0.717) is 24.5 Å². The number of hydrogen-bond donors (Lipinski definition) is 1. The van der Waals surface area contributed by atoms with Crippen LogP contribution in [-0.4, -0.2) is 39.0 Å². The third kappa shape index (κ3) is 4.02. The first-order valence-corrected chi connectivity index (χ1v) is 8.53. The van der Waals surface area contributed by atoms with Crippen LogP contribution in [0.5, 0.6) is 0 Å². The number of amides is 1. The molecule has 1 amide bonds. The molecule has 1 aliphatic heterocycles. The maximum Gasteiger partial charge on any atom is 0.227 e. The van der Waals surface area contributed by atoms with Gasteiger partial charge in [0.05, 0.1) is 18.7 Å². The van der Waals surface area contributed by atoms with Crippen LogP contribution in [0, 0.1) is 12.7 Å². The Kier molecular flexibility index (Phi) is 5.38. The summed E-state index contributed by atoms with van der Waals surface area (Å²) in [6.45, 7) is 2.98. The number of aliphatic hydroxyl groups is 1. The van der Waals surface area contributed by atoms with Gasteiger partial charge in [0.2, 0.25) is 5.91 Å². The fraction of sp³-hybridized carbons (Fsp3) is 0.421. The Morgan fingerprint density at radius 1 is 1.28 bits per heavy atom. The zero-order valence-corrected chi connectivity index (χ0v) is 14.3. The highest BCUT2D eigenvalue weighted by molar-refractivity contribution is 5.79. The molecule has 2 aromatic rings. The number of likely N-dealkylation sites (tertiary alicyclic amines) is 1. The minimum Gasteiger partial charge on any atom is -0.392 e. The number of benzene rings is 1. The van der Waals surface area contributed by atoms with Crippen molar-refractivity contribution in [1.82, 2.24) is 14.9 Å². The number of nitrogens with zero attached hydrogens (tertiary/aromatic N) is 3. The predicted octanol–water partition coefficient (Wildman–Crippen LogP) is 2.37. The number of aromatic nitrogens is 2. The summed E-state index contributed by atoms with van der Waals surface area (Å²) >= 11 is 0. The Bertz CT molecular complexity index is 758. The number of rotatable bonds is 4. The molecule has 0 unspecified atom stereocenters. The van der Waals surface area contributed by atoms with Crippen LogP contribution >= 0.6 is 0 Å². The fourth-order valence-electron chi connectivity index (χ4n) is 3.31. The standard InChI is InChI=1S/C19H22FN3O2/c1-13-21-11-16(12-24)19(22-13)14-6-8-23(9-7-14)18(25)10-15-4-2-3-5-17(15)20/h2-5,11,14,24H,6-10,12H2,1H3. The maximum atomic E-state index is 13.7. The van der Waals surface area contributed by atoms with E-state index < -0.39 is 0 Å². The van der Waals surface area contributed by atoms with E-state index >= 15 is 0 Å². The number of hydrogen-bond acceptors (Lipinski definition) is 4. The molecule has 1 saturated heterocycles. The van der Waals surface area contributed by atoms with E-state index in [2.05, 4.69) is 9.97 Å². The highest BCUT2D eigenvalue weighted by Crippen LogP contribution is 2.29. The summed E-state index contributed by atoms with van der Waals surface area (Å²) in [7, 11) is 0. The lowest BCUT2D eigenvalue weighted by Gasteiger charge is -2.32. The van der Waals surface area contributed by atoms with Crippen molar-refractivity contribution < 1.29 is 14.3 Å². The number of aryl methyl sites for hydroxylation is 1. The van der Waals surface area contributed by atoms with Gasteiger partial charge in [-0.1, -0.05) is 18.2 Å². The highest BCUT2D eigenvalue weighted by Gasteiger charge is 2.26. The molecule has 1 fully saturated rings. The van der Waals surface area contributed by atoms with E-state index in [9.17, 15) is 14.3 Å². The van der Waals surface area contributed by atoms with Crippen molar-refractivity contribution in [3.63, 3.8) is 0 Å². The van der Waals surface area contributed by atoms with E-state index in [-0.39, 0.29) is 30.7 Å². The van der Waals surface area contributed by atoms with Gasteiger partial charge in [-0.15, -0.1) is 0 Å². The van der Waals surface area contributed by atoms with Gasteiger partial charge in [0.1, 0.15) is 11.6 Å². The molecular weight excluding hydrogens is 321 g/mol. The molecule has 1 aliphatic rings. The number of piperidine rings is 1. The van der Waals surface area contributed by atoms with Crippen molar-refractivity contribution in [1.29, 1.82) is 0 Å². The first-order valence-electron chi connectivity index (χ1n) is 8.53. The zero-order chi connectivity index (χ0) is 17.8. The van der Waals surface area contributed by atoms with Crippen molar-refractivity contribution in [3.05, 3.63) is 58.9 Å². The predicted molar refractivity (Wildman–Crippen MR) is 91.4 cm³/mol. The molecule has 0 saturated carbocycles. The van der Waals surface area contributed by atoms with Crippen LogP contribution in [0.3, 0.4) is 0 Å². The van der Waals surface area contributed by atoms with Gasteiger partial charge in [-0.2, -0.15) is 0 Å². The molecule has 2 heterocycles. The molecule has 0 atom stereocenters. The van der Waals surface area contributed by atoms with Crippen molar-refractivity contribution >= 4 is 5.91 Å². The van der Waals surface area contributed by atoms with Crippen LogP contribution in [0.1, 0.15) is 41.4 Å². The second-order valence-corrected chi connectivity index (χ2v) is 6.41. The third-order valence-electron chi connectivity index (χ3n) is 4.72. The van der Waals surface area contributed by atoms with Crippen LogP contribution in [0.2, 0.25) is 0 Å². The normalized spacial score (nSPS) is 15.4. The Morgan fingerprint density at radius 3 is 2.68 bits per heavy atom. The van der Waals surface area contributed by atoms with Gasteiger partial charge in [0.25, 0.3) is 0 Å². The Morgan fingerprint density at radius 2 is 2.00 bits per heavy atom. The summed E-state index contributed by atoms with van der Waals surface area (Å²) in [5, 5.41) is 9.49. The minimum atomic E-state index is -0.338. The van der Waals surface area contributed by atoms with Gasteiger partial charge < -0.3 is 10.0 Å². The second-order valence-electron chi connectivity index (χ2n) is 6.41. The lowest BCUT2D eigenvalue weighted by molar-refractivity contribution is -0.131. The maximum absolute atomic E-state index is 13.7. The number of carbonyl (C=O) groups excluding carboxylic acids is 1. The van der Waals surface area contributed by atoms with Crippen molar-refractivity contribution in [2.45, 2.75) is 38.7 Å². The van der Waals surface area contributed by atoms with Gasteiger partial charge in [-0.3, -0.25) is 4.79 Å². The molecule has 5 nitrogen and oxygen atoms in total. The van der Waals surface area contributed by atoms with Crippen LogP contribution in [-0.2, 0) is 17.8 Å². The molecule has 25 heavy (non-hydrogen) atoms. The summed E-state index contributed by atoms with van der Waals surface area (Å²) in [5.74, 6) is 0.506. The Labute approximate surface area is 146 Å². The van der Waals surface area contributed by atoms with E-state index in [1.165, 1.54) is 6.07 Å². The lowest BCUT2D eigenvalue weighted by atomic mass is 9.90. The van der Waals surface area contributed by atoms with Crippen molar-refractivity contribution in [2.24, 2.45) is 0 Å². The average Bonchev–Trinajstić information content (AvgIpc) is 2.63. The molecule has 0 spiro atoms.